The van der Waals surface area contributed by atoms with Crippen molar-refractivity contribution in [2.75, 3.05) is 0 Å². The van der Waals surface area contributed by atoms with E-state index in [4.69, 9.17) is 5.11 Å². The van der Waals surface area contributed by atoms with Crippen molar-refractivity contribution in [3.63, 3.8) is 0 Å². The molecule has 2 rings (SSSR count). The van der Waals surface area contributed by atoms with Gasteiger partial charge in [-0.15, -0.1) is 11.8 Å². The maximum atomic E-state index is 11.0. The van der Waals surface area contributed by atoms with Crippen LogP contribution >= 0.6 is 11.8 Å². The summed E-state index contributed by atoms with van der Waals surface area (Å²) < 4.78 is 0. The number of hydrogen-bond acceptors (Lipinski definition) is 2. The van der Waals surface area contributed by atoms with Gasteiger partial charge in [-0.2, -0.15) is 0 Å². The van der Waals surface area contributed by atoms with Crippen LogP contribution in [0.4, 0.5) is 0 Å². The standard InChI is InChI=1S/C14H18O2S/c1-2-13(14(15)16)10-6-8-12(9-7-10)17-11-4-3-5-11/h6-9,11,13H,2-5H2,1H3,(H,15,16). The van der Waals surface area contributed by atoms with Crippen LogP contribution in [0.25, 0.3) is 0 Å². The van der Waals surface area contributed by atoms with E-state index in [1.54, 1.807) is 0 Å². The van der Waals surface area contributed by atoms with E-state index in [-0.39, 0.29) is 5.92 Å². The molecule has 0 spiro atoms. The molecular formula is C14H18O2S. The monoisotopic (exact) mass is 250 g/mol. The summed E-state index contributed by atoms with van der Waals surface area (Å²) >= 11 is 1.92. The first-order valence-corrected chi connectivity index (χ1v) is 7.08. The largest absolute Gasteiger partial charge is 0.481 e. The van der Waals surface area contributed by atoms with E-state index in [0.29, 0.717) is 6.42 Å². The number of carbonyl (C=O) groups is 1. The lowest BCUT2D eigenvalue weighted by Gasteiger charge is -2.24. The second-order valence-corrected chi connectivity index (χ2v) is 5.91. The number of carboxylic acid groups (broad SMARTS) is 1. The van der Waals surface area contributed by atoms with Gasteiger partial charge in [0.2, 0.25) is 0 Å². The molecule has 1 atom stereocenters. The zero-order valence-corrected chi connectivity index (χ0v) is 10.9. The van der Waals surface area contributed by atoms with Crippen molar-refractivity contribution in [3.05, 3.63) is 29.8 Å². The number of thioether (sulfide) groups is 1. The summed E-state index contributed by atoms with van der Waals surface area (Å²) in [6, 6.07) is 8.04. The molecule has 0 saturated heterocycles. The number of carboxylic acids is 1. The quantitative estimate of drug-likeness (QED) is 0.861. The summed E-state index contributed by atoms with van der Waals surface area (Å²) in [5.41, 5.74) is 0.915. The Labute approximate surface area is 106 Å². The van der Waals surface area contributed by atoms with Gasteiger partial charge in [0, 0.05) is 10.1 Å². The molecule has 0 aliphatic heterocycles. The molecule has 1 aliphatic rings. The second kappa shape index (κ2) is 5.58. The third kappa shape index (κ3) is 3.03. The average molecular weight is 250 g/mol. The Morgan fingerprint density at radius 3 is 2.47 bits per heavy atom. The zero-order chi connectivity index (χ0) is 12.3. The van der Waals surface area contributed by atoms with Gasteiger partial charge >= 0.3 is 5.97 Å². The molecule has 1 unspecified atom stereocenters. The van der Waals surface area contributed by atoms with E-state index in [0.717, 1.165) is 10.8 Å². The van der Waals surface area contributed by atoms with E-state index in [1.165, 1.54) is 24.2 Å². The first kappa shape index (κ1) is 12.5. The van der Waals surface area contributed by atoms with Gasteiger partial charge in [-0.1, -0.05) is 25.5 Å². The van der Waals surface area contributed by atoms with Crippen LogP contribution < -0.4 is 0 Å². The van der Waals surface area contributed by atoms with Crippen LogP contribution in [-0.4, -0.2) is 16.3 Å². The molecule has 1 aromatic carbocycles. The molecule has 17 heavy (non-hydrogen) atoms. The summed E-state index contributed by atoms with van der Waals surface area (Å²) in [7, 11) is 0. The van der Waals surface area contributed by atoms with Gasteiger partial charge in [0.1, 0.15) is 0 Å². The van der Waals surface area contributed by atoms with Gasteiger partial charge in [0.15, 0.2) is 0 Å². The van der Waals surface area contributed by atoms with Gasteiger partial charge in [-0.3, -0.25) is 4.79 Å². The predicted octanol–water partition coefficient (Wildman–Crippen LogP) is 3.91. The first-order chi connectivity index (χ1) is 8.20. The van der Waals surface area contributed by atoms with Gasteiger partial charge in [0.25, 0.3) is 0 Å². The highest BCUT2D eigenvalue weighted by atomic mass is 32.2. The number of benzene rings is 1. The molecule has 1 saturated carbocycles. The highest BCUT2D eigenvalue weighted by Gasteiger charge is 2.20. The lowest BCUT2D eigenvalue weighted by Crippen LogP contribution is -2.13. The van der Waals surface area contributed by atoms with E-state index in [9.17, 15) is 4.79 Å². The smallest absolute Gasteiger partial charge is 0.310 e. The number of aliphatic carboxylic acids is 1. The molecule has 2 nitrogen and oxygen atoms in total. The van der Waals surface area contributed by atoms with Crippen LogP contribution in [-0.2, 0) is 4.79 Å². The molecule has 0 amide bonds. The average Bonchev–Trinajstić information content (AvgIpc) is 2.26. The van der Waals surface area contributed by atoms with Gasteiger partial charge in [-0.25, -0.2) is 0 Å². The maximum Gasteiger partial charge on any atom is 0.310 e. The number of hydrogen-bond donors (Lipinski definition) is 1. The minimum Gasteiger partial charge on any atom is -0.481 e. The van der Waals surface area contributed by atoms with E-state index < -0.39 is 5.97 Å². The summed E-state index contributed by atoms with van der Waals surface area (Å²) in [5.74, 6) is -1.09. The Hall–Kier alpha value is -0.960. The third-order valence-electron chi connectivity index (χ3n) is 3.34. The van der Waals surface area contributed by atoms with Crippen molar-refractivity contribution in [2.45, 2.75) is 48.7 Å². The molecule has 1 aliphatic carbocycles. The normalized spacial score (nSPS) is 17.5. The highest BCUT2D eigenvalue weighted by Crippen LogP contribution is 2.36. The molecule has 0 heterocycles. The van der Waals surface area contributed by atoms with Crippen molar-refractivity contribution in [1.29, 1.82) is 0 Å². The van der Waals surface area contributed by atoms with E-state index >= 15 is 0 Å². The molecule has 1 fully saturated rings. The Morgan fingerprint density at radius 1 is 1.41 bits per heavy atom. The zero-order valence-electron chi connectivity index (χ0n) is 10.1. The van der Waals surface area contributed by atoms with Crippen LogP contribution in [0.3, 0.4) is 0 Å². The second-order valence-electron chi connectivity index (χ2n) is 4.54. The predicted molar refractivity (Wildman–Crippen MR) is 70.6 cm³/mol. The van der Waals surface area contributed by atoms with Crippen molar-refractivity contribution < 1.29 is 9.90 Å². The van der Waals surface area contributed by atoms with Gasteiger partial charge in [0.05, 0.1) is 5.92 Å². The minimum atomic E-state index is -0.730. The Kier molecular flexibility index (Phi) is 4.11. The molecule has 0 bridgehead atoms. The van der Waals surface area contributed by atoms with Gasteiger partial charge in [-0.05, 0) is 37.0 Å². The van der Waals surface area contributed by atoms with Gasteiger partial charge < -0.3 is 5.11 Å². The fraction of sp³-hybridized carbons (Fsp3) is 0.500. The Bertz CT molecular complexity index is 382. The van der Waals surface area contributed by atoms with Crippen molar-refractivity contribution >= 4 is 17.7 Å². The van der Waals surface area contributed by atoms with Crippen molar-refractivity contribution in [2.24, 2.45) is 0 Å². The minimum absolute atomic E-state index is 0.363. The van der Waals surface area contributed by atoms with Crippen molar-refractivity contribution in [1.82, 2.24) is 0 Å². The van der Waals surface area contributed by atoms with E-state index in [2.05, 4.69) is 12.1 Å². The topological polar surface area (TPSA) is 37.3 Å². The lowest BCUT2D eigenvalue weighted by molar-refractivity contribution is -0.138. The van der Waals surface area contributed by atoms with Crippen LogP contribution in [0.5, 0.6) is 0 Å². The van der Waals surface area contributed by atoms with Crippen molar-refractivity contribution in [3.8, 4) is 0 Å². The molecule has 0 aromatic heterocycles. The highest BCUT2D eigenvalue weighted by molar-refractivity contribution is 8.00. The van der Waals surface area contributed by atoms with Crippen LogP contribution in [0.1, 0.15) is 44.1 Å². The molecule has 0 radical (unpaired) electrons. The Morgan fingerprint density at radius 2 is 2.06 bits per heavy atom. The fourth-order valence-corrected chi connectivity index (χ4v) is 3.26. The Balaban J connectivity index is 2.03. The first-order valence-electron chi connectivity index (χ1n) is 6.20. The molecule has 3 heteroatoms. The summed E-state index contributed by atoms with van der Waals surface area (Å²) in [6.45, 7) is 1.91. The lowest BCUT2D eigenvalue weighted by atomic mass is 9.97. The summed E-state index contributed by atoms with van der Waals surface area (Å²) in [6.07, 6.45) is 4.63. The van der Waals surface area contributed by atoms with E-state index in [1.807, 2.05) is 30.8 Å². The third-order valence-corrected chi connectivity index (χ3v) is 4.69. The SMILES string of the molecule is CCC(C(=O)O)c1ccc(SC2CCC2)cc1. The summed E-state index contributed by atoms with van der Waals surface area (Å²) in [5, 5.41) is 9.86. The summed E-state index contributed by atoms with van der Waals surface area (Å²) in [4.78, 5) is 12.3. The fourth-order valence-electron chi connectivity index (χ4n) is 2.01. The molecule has 1 aromatic rings. The number of rotatable bonds is 5. The molecule has 92 valence electrons. The maximum absolute atomic E-state index is 11.0. The molecular weight excluding hydrogens is 232 g/mol. The van der Waals surface area contributed by atoms with Crippen LogP contribution in [0.2, 0.25) is 0 Å². The molecule has 1 N–H and O–H groups in total. The van der Waals surface area contributed by atoms with Crippen LogP contribution in [0, 0.1) is 0 Å². The van der Waals surface area contributed by atoms with Crippen LogP contribution in [0.15, 0.2) is 29.2 Å².